The van der Waals surface area contributed by atoms with Gasteiger partial charge in [-0.05, 0) is 50.2 Å². The number of nitrogens with one attached hydrogen (secondary N) is 1. The molecule has 2 aromatic carbocycles. The van der Waals surface area contributed by atoms with Gasteiger partial charge in [-0.15, -0.1) is 10.2 Å². The molecule has 0 radical (unpaired) electrons. The Balaban J connectivity index is 1.83. The SMILES string of the molecule is COc1cccc(OC)c1-n1c(NS(=O)(=O)[C@@H](C)[C@@H](O)c2ccc(Cl)cc2S(C)(=O)=O)nnc1-c1ccc(C)o1. The molecule has 2 aromatic heterocycles. The first kappa shape index (κ1) is 29.4. The normalized spacial score (nSPS) is 13.6. The lowest BCUT2D eigenvalue weighted by molar-refractivity contribution is 0.173. The van der Waals surface area contributed by atoms with E-state index in [0.717, 1.165) is 12.3 Å². The summed E-state index contributed by atoms with van der Waals surface area (Å²) in [6.45, 7) is 2.97. The van der Waals surface area contributed by atoms with E-state index in [9.17, 15) is 21.9 Å². The molecular weight excluding hydrogens is 584 g/mol. The van der Waals surface area contributed by atoms with Crippen LogP contribution in [0.5, 0.6) is 11.5 Å². The largest absolute Gasteiger partial charge is 0.494 e. The maximum Gasteiger partial charge on any atom is 0.243 e. The highest BCUT2D eigenvalue weighted by Crippen LogP contribution is 2.38. The molecule has 2 heterocycles. The van der Waals surface area contributed by atoms with Gasteiger partial charge in [-0.25, -0.2) is 16.8 Å². The fourth-order valence-electron chi connectivity index (χ4n) is 4.04. The van der Waals surface area contributed by atoms with E-state index in [0.29, 0.717) is 17.3 Å². The Morgan fingerprint density at radius 3 is 2.23 bits per heavy atom. The van der Waals surface area contributed by atoms with Crippen molar-refractivity contribution >= 4 is 37.4 Å². The average molecular weight is 611 g/mol. The minimum Gasteiger partial charge on any atom is -0.494 e. The third kappa shape index (κ3) is 5.66. The molecule has 15 heteroatoms. The van der Waals surface area contributed by atoms with Crippen LogP contribution in [0.25, 0.3) is 17.3 Å². The number of methoxy groups -OCH3 is 2. The topological polar surface area (TPSA) is 163 Å². The number of ether oxygens (including phenoxy) is 2. The maximum atomic E-state index is 13.6. The zero-order chi connectivity index (χ0) is 29.4. The van der Waals surface area contributed by atoms with Gasteiger partial charge in [0.05, 0.1) is 25.2 Å². The number of aliphatic hydroxyl groups is 1. The number of anilines is 1. The Morgan fingerprint density at radius 2 is 1.68 bits per heavy atom. The molecule has 0 bridgehead atoms. The van der Waals surface area contributed by atoms with Gasteiger partial charge in [0.25, 0.3) is 0 Å². The van der Waals surface area contributed by atoms with Crippen molar-refractivity contribution in [3.8, 4) is 28.8 Å². The Morgan fingerprint density at radius 1 is 1.02 bits per heavy atom. The van der Waals surface area contributed by atoms with Gasteiger partial charge in [-0.2, -0.15) is 0 Å². The first-order valence-electron chi connectivity index (χ1n) is 11.7. The van der Waals surface area contributed by atoms with Gasteiger partial charge in [0.15, 0.2) is 15.6 Å². The van der Waals surface area contributed by atoms with Crippen LogP contribution in [0.1, 0.15) is 24.4 Å². The van der Waals surface area contributed by atoms with Crippen molar-refractivity contribution in [1.29, 1.82) is 0 Å². The Labute approximate surface area is 236 Å². The Bertz CT molecular complexity index is 1740. The number of aryl methyl sites for hydroxylation is 1. The van der Waals surface area contributed by atoms with E-state index in [4.69, 9.17) is 25.5 Å². The summed E-state index contributed by atoms with van der Waals surface area (Å²) in [6, 6.07) is 12.1. The van der Waals surface area contributed by atoms with Gasteiger partial charge >= 0.3 is 0 Å². The summed E-state index contributed by atoms with van der Waals surface area (Å²) < 4.78 is 72.3. The van der Waals surface area contributed by atoms with E-state index >= 15 is 0 Å². The van der Waals surface area contributed by atoms with Crippen LogP contribution < -0.4 is 14.2 Å². The van der Waals surface area contributed by atoms with E-state index in [2.05, 4.69) is 14.9 Å². The number of para-hydroxylation sites is 1. The Kier molecular flexibility index (Phi) is 8.17. The molecule has 40 heavy (non-hydrogen) atoms. The number of benzene rings is 2. The monoisotopic (exact) mass is 610 g/mol. The summed E-state index contributed by atoms with van der Waals surface area (Å²) in [5.74, 6) is 1.38. The fraction of sp³-hybridized carbons (Fsp3) is 0.280. The van der Waals surface area contributed by atoms with Crippen molar-refractivity contribution in [1.82, 2.24) is 14.8 Å². The minimum atomic E-state index is -4.43. The van der Waals surface area contributed by atoms with Gasteiger partial charge in [0.2, 0.25) is 21.8 Å². The Hall–Kier alpha value is -3.59. The molecular formula is C25H27ClN4O8S2. The smallest absolute Gasteiger partial charge is 0.243 e. The predicted octanol–water partition coefficient (Wildman–Crippen LogP) is 3.77. The summed E-state index contributed by atoms with van der Waals surface area (Å²) in [6.07, 6.45) is -0.809. The van der Waals surface area contributed by atoms with Crippen molar-refractivity contribution in [3.05, 3.63) is 64.9 Å². The number of aromatic nitrogens is 3. The third-order valence-corrected chi connectivity index (χ3v) is 9.20. The quantitative estimate of drug-likeness (QED) is 0.270. The number of furan rings is 1. The van der Waals surface area contributed by atoms with Crippen molar-refractivity contribution in [2.75, 3.05) is 25.2 Å². The molecule has 2 atom stereocenters. The summed E-state index contributed by atoms with van der Waals surface area (Å²) >= 11 is 5.96. The lowest BCUT2D eigenvalue weighted by Gasteiger charge is -2.23. The van der Waals surface area contributed by atoms with Gasteiger partial charge in [0.1, 0.15) is 28.2 Å². The number of hydrogen-bond donors (Lipinski definition) is 2. The van der Waals surface area contributed by atoms with Crippen LogP contribution in [-0.2, 0) is 19.9 Å². The molecule has 2 N–H and O–H groups in total. The standard InChI is InChI=1S/C25H27ClN4O8S2/c1-14-9-12-20(38-14)24-27-28-25(30(24)22-18(36-3)7-6-8-19(22)37-4)29-40(34,35)15(2)23(31)17-11-10-16(26)13-21(17)39(5,32)33/h6-13,15,23,31H,1-5H3,(H,28,29)/t15-,23+/m0/s1. The van der Waals surface area contributed by atoms with E-state index < -0.39 is 31.2 Å². The molecule has 0 aliphatic heterocycles. The van der Waals surface area contributed by atoms with Crippen LogP contribution in [0.3, 0.4) is 0 Å². The highest BCUT2D eigenvalue weighted by molar-refractivity contribution is 7.93. The highest BCUT2D eigenvalue weighted by Gasteiger charge is 2.35. The number of nitrogens with zero attached hydrogens (tertiary/aromatic N) is 3. The summed E-state index contributed by atoms with van der Waals surface area (Å²) in [5, 5.41) is 17.8. The lowest BCUT2D eigenvalue weighted by Crippen LogP contribution is -2.32. The molecule has 12 nitrogen and oxygen atoms in total. The molecule has 0 fully saturated rings. The molecule has 0 saturated carbocycles. The molecule has 214 valence electrons. The van der Waals surface area contributed by atoms with Gasteiger partial charge in [-0.3, -0.25) is 9.29 Å². The highest BCUT2D eigenvalue weighted by atomic mass is 35.5. The van der Waals surface area contributed by atoms with Crippen LogP contribution in [0, 0.1) is 6.92 Å². The van der Waals surface area contributed by atoms with E-state index in [1.165, 1.54) is 37.8 Å². The van der Waals surface area contributed by atoms with Crippen molar-refractivity contribution in [2.24, 2.45) is 0 Å². The summed E-state index contributed by atoms with van der Waals surface area (Å²) in [5.41, 5.74) is 0.161. The number of hydrogen-bond acceptors (Lipinski definition) is 10. The van der Waals surface area contributed by atoms with Crippen molar-refractivity contribution in [3.63, 3.8) is 0 Å². The zero-order valence-corrected chi connectivity index (χ0v) is 24.5. The van der Waals surface area contributed by atoms with Crippen molar-refractivity contribution < 1.29 is 35.8 Å². The van der Waals surface area contributed by atoms with Crippen LogP contribution in [0.4, 0.5) is 5.95 Å². The average Bonchev–Trinajstić information content (AvgIpc) is 3.51. The van der Waals surface area contributed by atoms with Crippen molar-refractivity contribution in [2.45, 2.75) is 30.1 Å². The molecule has 0 aliphatic carbocycles. The fourth-order valence-corrected chi connectivity index (χ4v) is 6.30. The summed E-state index contributed by atoms with van der Waals surface area (Å²) in [7, 11) is -5.40. The molecule has 0 unspecified atom stereocenters. The molecule has 0 aliphatic rings. The van der Waals surface area contributed by atoms with E-state index in [1.54, 1.807) is 37.3 Å². The van der Waals surface area contributed by atoms with Crippen LogP contribution in [0.2, 0.25) is 5.02 Å². The maximum absolute atomic E-state index is 13.6. The first-order valence-corrected chi connectivity index (χ1v) is 15.5. The summed E-state index contributed by atoms with van der Waals surface area (Å²) in [4.78, 5) is -0.285. The van der Waals surface area contributed by atoms with E-state index in [-0.39, 0.29) is 38.7 Å². The third-order valence-electron chi connectivity index (χ3n) is 6.11. The second-order valence-corrected chi connectivity index (χ2v) is 13.3. The van der Waals surface area contributed by atoms with Gasteiger partial charge in [-0.1, -0.05) is 23.7 Å². The molecule has 4 aromatic rings. The number of aliphatic hydroxyl groups excluding tert-OH is 1. The minimum absolute atomic E-state index is 0.115. The number of halogens is 1. The van der Waals surface area contributed by atoms with Crippen LogP contribution >= 0.6 is 11.6 Å². The number of sulfone groups is 1. The van der Waals surface area contributed by atoms with E-state index in [1.807, 2.05) is 0 Å². The van der Waals surface area contributed by atoms with Crippen LogP contribution in [-0.4, -0.2) is 62.4 Å². The predicted molar refractivity (Wildman–Crippen MR) is 148 cm³/mol. The van der Waals surface area contributed by atoms with Gasteiger partial charge < -0.3 is 19.0 Å². The van der Waals surface area contributed by atoms with Gasteiger partial charge in [0, 0.05) is 16.8 Å². The van der Waals surface area contributed by atoms with Crippen LogP contribution in [0.15, 0.2) is 57.8 Å². The number of rotatable bonds is 10. The second-order valence-electron chi connectivity index (χ2n) is 8.86. The molecule has 0 saturated heterocycles. The zero-order valence-electron chi connectivity index (χ0n) is 22.1. The second kappa shape index (κ2) is 11.1. The lowest BCUT2D eigenvalue weighted by atomic mass is 10.1. The first-order chi connectivity index (χ1) is 18.8. The number of sulfonamides is 1. The molecule has 4 rings (SSSR count). The molecule has 0 amide bonds. The molecule has 0 spiro atoms.